The zero-order chi connectivity index (χ0) is 10.6. The fraction of sp³-hybridized carbons (Fsp3) is 0.636. The number of rotatable bonds is 5. The van der Waals surface area contributed by atoms with Gasteiger partial charge in [0.2, 0.25) is 0 Å². The first-order valence-electron chi connectivity index (χ1n) is 4.94. The number of methoxy groups -OCH3 is 1. The Bertz CT molecular complexity index is 272. The van der Waals surface area contributed by atoms with E-state index >= 15 is 0 Å². The van der Waals surface area contributed by atoms with Gasteiger partial charge in [0, 0.05) is 24.1 Å². The lowest BCUT2D eigenvalue weighted by Crippen LogP contribution is -2.32. The van der Waals surface area contributed by atoms with E-state index in [1.807, 2.05) is 11.3 Å². The predicted molar refractivity (Wildman–Crippen MR) is 61.9 cm³/mol. The Kier molecular flexibility index (Phi) is 4.58. The average molecular weight is 213 g/mol. The van der Waals surface area contributed by atoms with Crippen LogP contribution in [0.1, 0.15) is 30.3 Å². The van der Waals surface area contributed by atoms with Crippen LogP contribution in [0.5, 0.6) is 0 Å². The second-order valence-electron chi connectivity index (χ2n) is 3.71. The van der Waals surface area contributed by atoms with Gasteiger partial charge in [-0.3, -0.25) is 0 Å². The molecule has 14 heavy (non-hydrogen) atoms. The molecule has 80 valence electrons. The Balaban J connectivity index is 2.50. The molecule has 1 aromatic heterocycles. The van der Waals surface area contributed by atoms with Crippen molar-refractivity contribution < 1.29 is 4.74 Å². The summed E-state index contributed by atoms with van der Waals surface area (Å²) in [4.78, 5) is 1.42. The zero-order valence-corrected chi connectivity index (χ0v) is 10.1. The highest BCUT2D eigenvalue weighted by Gasteiger charge is 2.11. The van der Waals surface area contributed by atoms with Gasteiger partial charge in [0.1, 0.15) is 0 Å². The molecule has 2 unspecified atom stereocenters. The molecule has 0 saturated carbocycles. The van der Waals surface area contributed by atoms with Crippen LogP contribution in [0.25, 0.3) is 0 Å². The number of hydrogen-bond acceptors (Lipinski definition) is 3. The van der Waals surface area contributed by atoms with Gasteiger partial charge < -0.3 is 10.1 Å². The molecule has 0 bridgehead atoms. The molecule has 0 aliphatic rings. The lowest BCUT2D eigenvalue weighted by atomic mass is 10.2. The average Bonchev–Trinajstić information content (AvgIpc) is 2.51. The SMILES string of the molecule is COCC(C)NC(C)c1sccc1C. The third-order valence-corrected chi connectivity index (χ3v) is 3.45. The van der Waals surface area contributed by atoms with E-state index in [2.05, 4.69) is 37.5 Å². The lowest BCUT2D eigenvalue weighted by molar-refractivity contribution is 0.168. The van der Waals surface area contributed by atoms with Crippen molar-refractivity contribution in [3.8, 4) is 0 Å². The van der Waals surface area contributed by atoms with Crippen LogP contribution in [0.3, 0.4) is 0 Å². The van der Waals surface area contributed by atoms with Gasteiger partial charge in [0.15, 0.2) is 0 Å². The quantitative estimate of drug-likeness (QED) is 0.812. The van der Waals surface area contributed by atoms with E-state index < -0.39 is 0 Å². The van der Waals surface area contributed by atoms with E-state index in [0.29, 0.717) is 12.1 Å². The van der Waals surface area contributed by atoms with Gasteiger partial charge in [-0.2, -0.15) is 0 Å². The van der Waals surface area contributed by atoms with Crippen molar-refractivity contribution in [1.29, 1.82) is 0 Å². The fourth-order valence-corrected chi connectivity index (χ4v) is 2.57. The highest BCUT2D eigenvalue weighted by Crippen LogP contribution is 2.23. The third-order valence-electron chi connectivity index (χ3n) is 2.25. The Hall–Kier alpha value is -0.380. The van der Waals surface area contributed by atoms with Crippen LogP contribution >= 0.6 is 11.3 Å². The monoisotopic (exact) mass is 213 g/mol. The summed E-state index contributed by atoms with van der Waals surface area (Å²) >= 11 is 1.81. The van der Waals surface area contributed by atoms with Crippen LogP contribution in [0.15, 0.2) is 11.4 Å². The molecule has 0 aliphatic carbocycles. The van der Waals surface area contributed by atoms with E-state index in [4.69, 9.17) is 4.74 Å². The van der Waals surface area contributed by atoms with Gasteiger partial charge in [-0.05, 0) is 37.8 Å². The molecule has 1 heterocycles. The third kappa shape index (κ3) is 3.08. The largest absolute Gasteiger partial charge is 0.383 e. The van der Waals surface area contributed by atoms with Crippen molar-refractivity contribution in [2.45, 2.75) is 32.9 Å². The Morgan fingerprint density at radius 1 is 1.50 bits per heavy atom. The van der Waals surface area contributed by atoms with Crippen molar-refractivity contribution in [2.24, 2.45) is 0 Å². The molecular weight excluding hydrogens is 194 g/mol. The number of aryl methyl sites for hydroxylation is 1. The van der Waals surface area contributed by atoms with Gasteiger partial charge in [-0.1, -0.05) is 0 Å². The lowest BCUT2D eigenvalue weighted by Gasteiger charge is -2.19. The zero-order valence-electron chi connectivity index (χ0n) is 9.33. The summed E-state index contributed by atoms with van der Waals surface area (Å²) in [6.07, 6.45) is 0. The summed E-state index contributed by atoms with van der Waals surface area (Å²) in [5, 5.41) is 5.65. The first kappa shape index (κ1) is 11.7. The summed E-state index contributed by atoms with van der Waals surface area (Å²) in [7, 11) is 1.74. The molecule has 2 atom stereocenters. The highest BCUT2D eigenvalue weighted by molar-refractivity contribution is 7.10. The standard InChI is InChI=1S/C11H19NOS/c1-8-5-6-14-11(8)10(3)12-9(2)7-13-4/h5-6,9-10,12H,7H2,1-4H3. The van der Waals surface area contributed by atoms with E-state index in [0.717, 1.165) is 6.61 Å². The molecule has 0 aromatic carbocycles. The molecule has 1 aromatic rings. The van der Waals surface area contributed by atoms with Crippen LogP contribution in [-0.4, -0.2) is 19.8 Å². The maximum atomic E-state index is 5.09. The molecule has 1 N–H and O–H groups in total. The van der Waals surface area contributed by atoms with Crippen molar-refractivity contribution in [3.05, 3.63) is 21.9 Å². The van der Waals surface area contributed by atoms with Crippen LogP contribution in [-0.2, 0) is 4.74 Å². The molecule has 0 amide bonds. The topological polar surface area (TPSA) is 21.3 Å². The molecule has 3 heteroatoms. The van der Waals surface area contributed by atoms with Crippen molar-refractivity contribution >= 4 is 11.3 Å². The van der Waals surface area contributed by atoms with Gasteiger partial charge in [-0.15, -0.1) is 11.3 Å². The smallest absolute Gasteiger partial charge is 0.0613 e. The molecule has 0 aliphatic heterocycles. The number of hydrogen-bond donors (Lipinski definition) is 1. The van der Waals surface area contributed by atoms with Gasteiger partial charge in [0.05, 0.1) is 6.61 Å². The van der Waals surface area contributed by atoms with E-state index in [1.54, 1.807) is 7.11 Å². The molecule has 0 spiro atoms. The van der Waals surface area contributed by atoms with Crippen LogP contribution in [0, 0.1) is 6.92 Å². The minimum Gasteiger partial charge on any atom is -0.383 e. The predicted octanol–water partition coefficient (Wildman–Crippen LogP) is 2.74. The molecule has 0 radical (unpaired) electrons. The molecular formula is C11H19NOS. The molecule has 0 fully saturated rings. The Morgan fingerprint density at radius 2 is 2.21 bits per heavy atom. The van der Waals surface area contributed by atoms with Gasteiger partial charge in [0.25, 0.3) is 0 Å². The van der Waals surface area contributed by atoms with Crippen LogP contribution in [0.4, 0.5) is 0 Å². The Labute approximate surface area is 90.3 Å². The minimum atomic E-state index is 0.400. The first-order valence-corrected chi connectivity index (χ1v) is 5.82. The van der Waals surface area contributed by atoms with Crippen LogP contribution in [0.2, 0.25) is 0 Å². The van der Waals surface area contributed by atoms with Crippen molar-refractivity contribution in [1.82, 2.24) is 5.32 Å². The minimum absolute atomic E-state index is 0.400. The molecule has 0 saturated heterocycles. The second kappa shape index (κ2) is 5.49. The van der Waals surface area contributed by atoms with Crippen molar-refractivity contribution in [3.63, 3.8) is 0 Å². The fourth-order valence-electron chi connectivity index (χ4n) is 1.63. The van der Waals surface area contributed by atoms with E-state index in [1.165, 1.54) is 10.4 Å². The molecule has 2 nitrogen and oxygen atoms in total. The Morgan fingerprint density at radius 3 is 2.71 bits per heavy atom. The molecule has 1 rings (SSSR count). The van der Waals surface area contributed by atoms with Gasteiger partial charge >= 0.3 is 0 Å². The maximum Gasteiger partial charge on any atom is 0.0613 e. The summed E-state index contributed by atoms with van der Waals surface area (Å²) in [6, 6.07) is 2.98. The number of thiophene rings is 1. The number of ether oxygens (including phenoxy) is 1. The maximum absolute atomic E-state index is 5.09. The second-order valence-corrected chi connectivity index (χ2v) is 4.66. The first-order chi connectivity index (χ1) is 6.65. The van der Waals surface area contributed by atoms with Crippen LogP contribution < -0.4 is 5.32 Å². The summed E-state index contributed by atoms with van der Waals surface area (Å²) < 4.78 is 5.09. The van der Waals surface area contributed by atoms with Gasteiger partial charge in [-0.25, -0.2) is 0 Å². The number of nitrogens with one attached hydrogen (secondary N) is 1. The van der Waals surface area contributed by atoms with Crippen molar-refractivity contribution in [2.75, 3.05) is 13.7 Å². The summed E-state index contributed by atoms with van der Waals surface area (Å²) in [5.41, 5.74) is 1.37. The van der Waals surface area contributed by atoms with E-state index in [-0.39, 0.29) is 0 Å². The summed E-state index contributed by atoms with van der Waals surface area (Å²) in [5.74, 6) is 0. The summed E-state index contributed by atoms with van der Waals surface area (Å²) in [6.45, 7) is 7.26. The highest BCUT2D eigenvalue weighted by atomic mass is 32.1. The van der Waals surface area contributed by atoms with E-state index in [9.17, 15) is 0 Å². The normalized spacial score (nSPS) is 15.4.